The fourth-order valence-corrected chi connectivity index (χ4v) is 6.52. The molecule has 222 valence electrons. The SMILES string of the molecule is COc1cc2ccc(N(C3CCN(C(Cc4ccc(C(=N)N)cc4)C(=O)N4CCCC4)C3=O)S(=O)O)cc2cc1OC. The molecule has 4 N–H and O–H groups in total. The molecule has 3 unspecified atom stereocenters. The fourth-order valence-electron chi connectivity index (χ4n) is 5.81. The van der Waals surface area contributed by atoms with E-state index in [2.05, 4.69) is 0 Å². The molecule has 3 aromatic carbocycles. The topological polar surface area (TPSA) is 149 Å². The molecule has 0 radical (unpaired) electrons. The number of ether oxygens (including phenoxy) is 2. The lowest BCUT2D eigenvalue weighted by Gasteiger charge is -2.32. The largest absolute Gasteiger partial charge is 0.493 e. The first-order valence-corrected chi connectivity index (χ1v) is 14.9. The molecule has 3 aromatic rings. The van der Waals surface area contributed by atoms with Crippen LogP contribution in [-0.4, -0.2) is 82.1 Å². The van der Waals surface area contributed by atoms with Crippen LogP contribution in [0.2, 0.25) is 0 Å². The summed E-state index contributed by atoms with van der Waals surface area (Å²) in [5.74, 6) is 0.531. The zero-order valence-electron chi connectivity index (χ0n) is 23.6. The van der Waals surface area contributed by atoms with Crippen LogP contribution in [0.3, 0.4) is 0 Å². The molecule has 2 aliphatic heterocycles. The van der Waals surface area contributed by atoms with Gasteiger partial charge in [-0.05, 0) is 59.9 Å². The Morgan fingerprint density at radius 1 is 1.05 bits per heavy atom. The molecule has 2 fully saturated rings. The summed E-state index contributed by atoms with van der Waals surface area (Å²) in [6, 6.07) is 14.2. The van der Waals surface area contributed by atoms with Gasteiger partial charge in [-0.15, -0.1) is 0 Å². The van der Waals surface area contributed by atoms with E-state index in [4.69, 9.17) is 20.6 Å². The van der Waals surface area contributed by atoms with Gasteiger partial charge in [-0.3, -0.25) is 23.9 Å². The molecule has 0 saturated carbocycles. The van der Waals surface area contributed by atoms with E-state index >= 15 is 0 Å². The van der Waals surface area contributed by atoms with Crippen molar-refractivity contribution in [2.24, 2.45) is 5.73 Å². The molecule has 2 saturated heterocycles. The van der Waals surface area contributed by atoms with E-state index in [1.165, 1.54) is 11.4 Å². The Hall–Kier alpha value is -4.16. The molecular formula is C30H35N5O6S. The maximum absolute atomic E-state index is 14.0. The highest BCUT2D eigenvalue weighted by atomic mass is 32.2. The van der Waals surface area contributed by atoms with E-state index in [1.807, 2.05) is 18.2 Å². The summed E-state index contributed by atoms with van der Waals surface area (Å²) < 4.78 is 35.1. The minimum Gasteiger partial charge on any atom is -0.493 e. The predicted octanol–water partition coefficient (Wildman–Crippen LogP) is 2.92. The molecule has 0 aromatic heterocycles. The number of fused-ring (bicyclic) bond motifs is 1. The van der Waals surface area contributed by atoms with Crippen molar-refractivity contribution in [1.29, 1.82) is 5.41 Å². The lowest BCUT2D eigenvalue weighted by atomic mass is 10.0. The average molecular weight is 594 g/mol. The Labute approximate surface area is 247 Å². The first-order valence-electron chi connectivity index (χ1n) is 13.8. The second kappa shape index (κ2) is 12.4. The maximum atomic E-state index is 14.0. The summed E-state index contributed by atoms with van der Waals surface area (Å²) in [4.78, 5) is 31.0. The minimum absolute atomic E-state index is 0.0489. The summed E-state index contributed by atoms with van der Waals surface area (Å²) >= 11 is -2.50. The van der Waals surface area contributed by atoms with Gasteiger partial charge in [0.1, 0.15) is 17.9 Å². The zero-order valence-corrected chi connectivity index (χ0v) is 24.4. The molecule has 0 bridgehead atoms. The number of nitrogens with one attached hydrogen (secondary N) is 1. The van der Waals surface area contributed by atoms with Crippen LogP contribution < -0.4 is 19.5 Å². The van der Waals surface area contributed by atoms with Crippen molar-refractivity contribution < 1.29 is 27.8 Å². The second-order valence-electron chi connectivity index (χ2n) is 10.5. The lowest BCUT2D eigenvalue weighted by molar-refractivity contribution is -0.143. The number of amides is 2. The standard InChI is InChI=1S/C30H35N5O6S/c1-40-26-17-21-9-10-23(16-22(21)18-27(26)41-2)35(42(38)39)24-11-14-34(30(24)37)25(29(36)33-12-3-4-13-33)15-19-5-7-20(8-6-19)28(31)32/h5-10,16-18,24-25H,3-4,11-15H2,1-2H3,(H3,31,32)(H,38,39). The fraction of sp³-hybridized carbons (Fsp3) is 0.367. The van der Waals surface area contributed by atoms with Crippen molar-refractivity contribution in [2.75, 3.05) is 38.2 Å². The van der Waals surface area contributed by atoms with Crippen LogP contribution in [0.25, 0.3) is 10.8 Å². The molecule has 11 nitrogen and oxygen atoms in total. The molecule has 42 heavy (non-hydrogen) atoms. The smallest absolute Gasteiger partial charge is 0.262 e. The van der Waals surface area contributed by atoms with Crippen molar-refractivity contribution >= 4 is 45.4 Å². The number of carbonyl (C=O) groups excluding carboxylic acids is 2. The monoisotopic (exact) mass is 593 g/mol. The highest BCUT2D eigenvalue weighted by Crippen LogP contribution is 2.35. The van der Waals surface area contributed by atoms with Crippen molar-refractivity contribution in [1.82, 2.24) is 9.80 Å². The van der Waals surface area contributed by atoms with Crippen LogP contribution in [0, 0.1) is 5.41 Å². The van der Waals surface area contributed by atoms with E-state index < -0.39 is 23.4 Å². The van der Waals surface area contributed by atoms with Crippen molar-refractivity contribution in [3.05, 3.63) is 65.7 Å². The van der Waals surface area contributed by atoms with Crippen LogP contribution in [0.5, 0.6) is 11.5 Å². The van der Waals surface area contributed by atoms with E-state index in [9.17, 15) is 18.4 Å². The van der Waals surface area contributed by atoms with Gasteiger partial charge in [0.2, 0.25) is 11.8 Å². The normalized spacial score (nSPS) is 18.3. The van der Waals surface area contributed by atoms with E-state index in [0.717, 1.165) is 29.2 Å². The van der Waals surface area contributed by atoms with Crippen LogP contribution >= 0.6 is 0 Å². The molecule has 0 aliphatic carbocycles. The van der Waals surface area contributed by atoms with Crippen molar-refractivity contribution in [3.8, 4) is 11.5 Å². The lowest BCUT2D eigenvalue weighted by Crippen LogP contribution is -2.52. The average Bonchev–Trinajstić information content (AvgIpc) is 3.66. The highest BCUT2D eigenvalue weighted by molar-refractivity contribution is 7.80. The van der Waals surface area contributed by atoms with Gasteiger partial charge in [-0.2, -0.15) is 0 Å². The molecule has 5 rings (SSSR count). The van der Waals surface area contributed by atoms with Crippen molar-refractivity contribution in [3.63, 3.8) is 0 Å². The summed E-state index contributed by atoms with van der Waals surface area (Å²) in [6.45, 7) is 1.55. The third-order valence-corrected chi connectivity index (χ3v) is 8.82. The second-order valence-corrected chi connectivity index (χ2v) is 11.3. The number of rotatable bonds is 10. The number of benzene rings is 3. The van der Waals surface area contributed by atoms with Gasteiger partial charge in [0.05, 0.1) is 19.9 Å². The molecular weight excluding hydrogens is 558 g/mol. The van der Waals surface area contributed by atoms with Gasteiger partial charge >= 0.3 is 0 Å². The van der Waals surface area contributed by atoms with Crippen molar-refractivity contribution in [2.45, 2.75) is 37.8 Å². The first kappa shape index (κ1) is 29.3. The first-order chi connectivity index (χ1) is 20.2. The van der Waals surface area contributed by atoms with Gasteiger partial charge in [0.15, 0.2) is 11.5 Å². The number of hydrogen-bond donors (Lipinski definition) is 3. The van der Waals surface area contributed by atoms with Gasteiger partial charge in [0, 0.05) is 31.6 Å². The predicted molar refractivity (Wildman–Crippen MR) is 161 cm³/mol. The number of amidine groups is 1. The highest BCUT2D eigenvalue weighted by Gasteiger charge is 2.44. The third kappa shape index (κ3) is 5.77. The summed E-state index contributed by atoms with van der Waals surface area (Å²) in [7, 11) is 3.08. The zero-order chi connectivity index (χ0) is 30.0. The van der Waals surface area contributed by atoms with Gasteiger partial charge in [-0.25, -0.2) is 4.21 Å². The quantitative estimate of drug-likeness (QED) is 0.186. The Bertz CT molecular complexity index is 1520. The number of nitrogens with zero attached hydrogens (tertiary/aromatic N) is 3. The van der Waals surface area contributed by atoms with Gasteiger partial charge in [0.25, 0.3) is 11.3 Å². The van der Waals surface area contributed by atoms with Crippen LogP contribution in [0.4, 0.5) is 5.69 Å². The molecule has 12 heteroatoms. The Kier molecular flexibility index (Phi) is 8.64. The maximum Gasteiger partial charge on any atom is 0.262 e. The van der Waals surface area contributed by atoms with Gasteiger partial charge in [-0.1, -0.05) is 30.3 Å². The molecule has 0 spiro atoms. The summed E-state index contributed by atoms with van der Waals surface area (Å²) in [5, 5.41) is 9.23. The minimum atomic E-state index is -2.50. The Morgan fingerprint density at radius 3 is 2.29 bits per heavy atom. The number of likely N-dealkylation sites (tertiary alicyclic amines) is 2. The third-order valence-electron chi connectivity index (χ3n) is 8.02. The number of nitrogens with two attached hydrogens (primary N) is 1. The number of methoxy groups -OCH3 is 2. The molecule has 3 atom stereocenters. The number of carbonyl (C=O) groups is 2. The Balaban J connectivity index is 1.44. The number of hydrogen-bond acceptors (Lipinski definition) is 6. The van der Waals surface area contributed by atoms with Gasteiger partial charge < -0.3 is 25.0 Å². The number of nitrogen functional groups attached to an aromatic ring is 1. The van der Waals surface area contributed by atoms with Crippen LogP contribution in [0.1, 0.15) is 30.4 Å². The summed E-state index contributed by atoms with van der Waals surface area (Å²) in [5.41, 5.74) is 7.40. The van der Waals surface area contributed by atoms with E-state index in [-0.39, 0.29) is 37.0 Å². The molecule has 2 heterocycles. The Morgan fingerprint density at radius 2 is 1.69 bits per heavy atom. The van der Waals surface area contributed by atoms with Crippen LogP contribution in [-0.2, 0) is 27.3 Å². The number of anilines is 1. The van der Waals surface area contributed by atoms with Crippen LogP contribution in [0.15, 0.2) is 54.6 Å². The van der Waals surface area contributed by atoms with E-state index in [0.29, 0.717) is 35.8 Å². The van der Waals surface area contributed by atoms with E-state index in [1.54, 1.807) is 53.3 Å². The molecule has 2 aliphatic rings. The summed E-state index contributed by atoms with van der Waals surface area (Å²) in [6.07, 6.45) is 2.39. The molecule has 2 amide bonds.